The monoisotopic (exact) mass is 1320 g/mol. The summed E-state index contributed by atoms with van der Waals surface area (Å²) in [6.07, 6.45) is 11.8. The summed E-state index contributed by atoms with van der Waals surface area (Å²) in [6.45, 7) is 37.8. The molecule has 1 aliphatic carbocycles. The van der Waals surface area contributed by atoms with Gasteiger partial charge in [-0.2, -0.15) is 0 Å². The first-order valence-electron chi connectivity index (χ1n) is 34.3. The summed E-state index contributed by atoms with van der Waals surface area (Å²) < 4.78 is -0.456. The van der Waals surface area contributed by atoms with E-state index in [9.17, 15) is 0 Å². The van der Waals surface area contributed by atoms with Gasteiger partial charge in [0.1, 0.15) is 0 Å². The molecule has 0 radical (unpaired) electrons. The van der Waals surface area contributed by atoms with Crippen LogP contribution in [0.15, 0.2) is 186 Å². The zero-order valence-electron chi connectivity index (χ0n) is 58.2. The smallest absolute Gasteiger partial charge is 1.00 e. The van der Waals surface area contributed by atoms with E-state index in [1.165, 1.54) is 171 Å². The van der Waals surface area contributed by atoms with Crippen molar-refractivity contribution in [3.8, 4) is 66.8 Å². The van der Waals surface area contributed by atoms with Crippen LogP contribution >= 0.6 is 0 Å². The summed E-state index contributed by atoms with van der Waals surface area (Å²) in [5.74, 6) is 0. The Labute approximate surface area is 587 Å². The molecule has 0 unspecified atom stereocenters. The SMILES string of the molecule is CCc1cc(CC)cc(-c2cc(-c3cc(CC)cc(CC)c3)cc([Si](c3cc(-c4cc(CC)cc(CC)c4)cc(-c4cc(CC)cc(CC)c4)c3)(c3cc(-c4cc(CC)cc(CC)c4)cc(-c4cc(CC)cc(CC)c4)c3)[C]3([Ti+3])C(C)=C(C)C(C)=C3C)c2)c1.[Cl-].[Cl-].[Cl-]. The molecule has 0 N–H and O–H groups in total. The summed E-state index contributed by atoms with van der Waals surface area (Å²) in [7, 11) is -3.69. The Bertz CT molecular complexity index is 3430. The van der Waals surface area contributed by atoms with Crippen molar-refractivity contribution < 1.29 is 57.7 Å². The molecule has 476 valence electrons. The molecule has 0 saturated heterocycles. The third kappa shape index (κ3) is 14.4. The average Bonchev–Trinajstić information content (AvgIpc) is 1.31. The van der Waals surface area contributed by atoms with Gasteiger partial charge in [-0.1, -0.05) is 0 Å². The van der Waals surface area contributed by atoms with Crippen LogP contribution in [-0.2, 0) is 97.5 Å². The molecule has 5 heteroatoms. The third-order valence-corrected chi connectivity index (χ3v) is 29.0. The van der Waals surface area contributed by atoms with E-state index in [1.54, 1.807) is 0 Å². The number of benzene rings is 9. The zero-order valence-corrected chi connectivity index (χ0v) is 63.0. The van der Waals surface area contributed by atoms with Crippen LogP contribution in [-0.4, -0.2) is 8.07 Å². The minimum atomic E-state index is -3.69. The summed E-state index contributed by atoms with van der Waals surface area (Å²) in [6, 6.07) is 69.0. The number of hydrogen-bond donors (Lipinski definition) is 0. The number of halogens is 3. The second-order valence-corrected chi connectivity index (χ2v) is 31.8. The van der Waals surface area contributed by atoms with E-state index in [0.29, 0.717) is 0 Å². The molecule has 92 heavy (non-hydrogen) atoms. The van der Waals surface area contributed by atoms with Crippen molar-refractivity contribution in [2.75, 3.05) is 0 Å². The van der Waals surface area contributed by atoms with Crippen LogP contribution in [0.3, 0.4) is 0 Å². The van der Waals surface area contributed by atoms with Crippen LogP contribution in [0.25, 0.3) is 66.8 Å². The van der Waals surface area contributed by atoms with Crippen LogP contribution in [0.1, 0.15) is 178 Å². The van der Waals surface area contributed by atoms with Crippen LogP contribution in [0.4, 0.5) is 0 Å². The van der Waals surface area contributed by atoms with Crippen LogP contribution in [0.5, 0.6) is 0 Å². The second-order valence-electron chi connectivity index (χ2n) is 25.9. The largest absolute Gasteiger partial charge is 1.00 e. The van der Waals surface area contributed by atoms with E-state index in [4.69, 9.17) is 0 Å². The predicted octanol–water partition coefficient (Wildman–Crippen LogP) is 12.9. The maximum atomic E-state index is 2.74. The van der Waals surface area contributed by atoms with Crippen LogP contribution in [0, 0.1) is 0 Å². The summed E-state index contributed by atoms with van der Waals surface area (Å²) in [4.78, 5) is 0. The van der Waals surface area contributed by atoms with Gasteiger partial charge in [-0.25, -0.2) is 0 Å². The van der Waals surface area contributed by atoms with E-state index in [2.05, 4.69) is 295 Å². The minimum absolute atomic E-state index is 0. The molecule has 0 amide bonds. The average molecular weight is 1330 g/mol. The first kappa shape index (κ1) is 73.7. The Kier molecular flexibility index (Phi) is 25.4. The normalized spacial score (nSPS) is 12.9. The molecular weight excluding hydrogens is 1230 g/mol. The van der Waals surface area contributed by atoms with Crippen molar-refractivity contribution >= 4 is 23.6 Å². The van der Waals surface area contributed by atoms with Gasteiger partial charge in [-0.05, 0) is 0 Å². The van der Waals surface area contributed by atoms with Crippen molar-refractivity contribution in [1.82, 2.24) is 0 Å². The van der Waals surface area contributed by atoms with E-state index >= 15 is 0 Å². The Balaban J connectivity index is 0.00000400. The Morgan fingerprint density at radius 3 is 0.478 bits per heavy atom. The molecule has 1 aliphatic rings. The van der Waals surface area contributed by atoms with E-state index < -0.39 is 11.4 Å². The minimum Gasteiger partial charge on any atom is -1.00 e. The Morgan fingerprint density at radius 1 is 0.217 bits per heavy atom. The fourth-order valence-electron chi connectivity index (χ4n) is 14.7. The molecule has 9 aromatic rings. The van der Waals surface area contributed by atoms with Gasteiger partial charge >= 0.3 is 555 Å². The van der Waals surface area contributed by atoms with Crippen molar-refractivity contribution in [2.24, 2.45) is 0 Å². The first-order valence-corrected chi connectivity index (χ1v) is 37.1. The molecule has 0 fully saturated rings. The van der Waals surface area contributed by atoms with Crippen molar-refractivity contribution in [3.05, 3.63) is 253 Å². The van der Waals surface area contributed by atoms with Crippen LogP contribution < -0.4 is 52.8 Å². The van der Waals surface area contributed by atoms with Gasteiger partial charge in [-0.3, -0.25) is 0 Å². The molecule has 0 heterocycles. The fraction of sp³-hybridized carbons (Fsp3) is 0.333. The number of rotatable bonds is 22. The molecule has 0 aliphatic heterocycles. The molecule has 0 atom stereocenters. The fourth-order valence-corrected chi connectivity index (χ4v) is 23.3. The Hall–Kier alpha value is -5.74. The zero-order chi connectivity index (χ0) is 63.5. The molecule has 10 rings (SSSR count). The second kappa shape index (κ2) is 31.7. The van der Waals surface area contributed by atoms with Crippen molar-refractivity contribution in [1.29, 1.82) is 0 Å². The number of allylic oxidation sites excluding steroid dienone is 4. The molecule has 0 aromatic heterocycles. The molecule has 0 nitrogen and oxygen atoms in total. The number of aryl methyl sites for hydroxylation is 12. The summed E-state index contributed by atoms with van der Waals surface area (Å²) in [5.41, 5.74) is 38.1. The maximum Gasteiger partial charge on any atom is -1.00 e. The van der Waals surface area contributed by atoms with Crippen molar-refractivity contribution in [3.63, 3.8) is 0 Å². The van der Waals surface area contributed by atoms with E-state index in [0.717, 1.165) is 77.0 Å². The quantitative estimate of drug-likeness (QED) is 0.0469. The van der Waals surface area contributed by atoms with Gasteiger partial charge < -0.3 is 37.2 Å². The predicted molar refractivity (Wildman–Crippen MR) is 389 cm³/mol. The third-order valence-electron chi connectivity index (χ3n) is 20.7. The molecule has 0 saturated carbocycles. The molecule has 0 spiro atoms. The van der Waals surface area contributed by atoms with E-state index in [1.807, 2.05) is 0 Å². The maximum absolute atomic E-state index is 3.69. The number of hydrogen-bond acceptors (Lipinski definition) is 0. The topological polar surface area (TPSA) is 0 Å². The standard InChI is InChI=1S/C87H99Si.3ClH.Ti/c1-17-60-29-61(18-2)36-72(35-60)78-47-79(73-37-62(19-3)30-63(20-4)38-73)51-84(50-78)88(87-58(15)56(13)57(14)59(87)16,85-52-80(74-39-64(21-5)31-65(22-6)40-74)48-81(53-85)75-41-66(23-7)32-67(24-8)42-75)86-54-82(76-43-68(25-9)33-69(26-10)44-76)49-83(55-86)77-45-70(27-11)34-71(28-12)46-77;;;;/h29-55H,17-28H2,1-16H3;3*1H;/q;;;;+3/p-3. The van der Waals surface area contributed by atoms with Gasteiger partial charge in [-0.15, -0.1) is 0 Å². The first-order chi connectivity index (χ1) is 42.9. The van der Waals surface area contributed by atoms with E-state index in [-0.39, 0.29) is 37.2 Å². The van der Waals surface area contributed by atoms with Gasteiger partial charge in [0.15, 0.2) is 0 Å². The molecule has 0 bridgehead atoms. The summed E-state index contributed by atoms with van der Waals surface area (Å²) in [5, 5.41) is 4.34. The van der Waals surface area contributed by atoms with Crippen molar-refractivity contribution in [2.45, 2.75) is 191 Å². The van der Waals surface area contributed by atoms with Crippen LogP contribution in [0.2, 0.25) is 3.34 Å². The summed E-state index contributed by atoms with van der Waals surface area (Å²) >= 11 is 2.72. The van der Waals surface area contributed by atoms with Gasteiger partial charge in [0.05, 0.1) is 0 Å². The van der Waals surface area contributed by atoms with Gasteiger partial charge in [0.2, 0.25) is 0 Å². The van der Waals surface area contributed by atoms with Gasteiger partial charge in [0, 0.05) is 0 Å². The molecule has 9 aromatic carbocycles. The molecular formula is C87H99Cl3SiTi. The Morgan fingerprint density at radius 2 is 0.348 bits per heavy atom. The van der Waals surface area contributed by atoms with Gasteiger partial charge in [0.25, 0.3) is 0 Å².